The Kier molecular flexibility index (Phi) is 4.57. The van der Waals surface area contributed by atoms with E-state index in [1.54, 1.807) is 6.92 Å². The maximum absolute atomic E-state index is 11.4. The van der Waals surface area contributed by atoms with Crippen LogP contribution in [-0.4, -0.2) is 5.78 Å². The minimum atomic E-state index is -0.295. The van der Waals surface area contributed by atoms with Gasteiger partial charge >= 0.3 is 0 Å². The molecule has 1 heteroatoms. The van der Waals surface area contributed by atoms with Crippen molar-refractivity contribution in [1.82, 2.24) is 0 Å². The predicted molar refractivity (Wildman–Crippen MR) is 53.0 cm³/mol. The monoisotopic (exact) mass is 166 g/mol. The van der Waals surface area contributed by atoms with Crippen LogP contribution in [0.1, 0.15) is 33.6 Å². The minimum Gasteiger partial charge on any atom is -0.299 e. The van der Waals surface area contributed by atoms with Crippen LogP contribution in [0.5, 0.6) is 0 Å². The summed E-state index contributed by atoms with van der Waals surface area (Å²) in [6, 6.07) is 0. The van der Waals surface area contributed by atoms with Crippen molar-refractivity contribution in [1.29, 1.82) is 0 Å². The molecule has 0 heterocycles. The van der Waals surface area contributed by atoms with Crippen molar-refractivity contribution in [3.8, 4) is 0 Å². The van der Waals surface area contributed by atoms with Crippen molar-refractivity contribution < 1.29 is 4.79 Å². The Morgan fingerprint density at radius 1 is 1.58 bits per heavy atom. The first-order valence-corrected chi connectivity index (χ1v) is 4.38. The van der Waals surface area contributed by atoms with Crippen LogP contribution in [0.4, 0.5) is 0 Å². The number of carbonyl (C=O) groups is 1. The molecule has 0 amide bonds. The lowest BCUT2D eigenvalue weighted by molar-refractivity contribution is -0.124. The molecule has 0 radical (unpaired) electrons. The lowest BCUT2D eigenvalue weighted by Gasteiger charge is -2.24. The van der Waals surface area contributed by atoms with Crippen LogP contribution >= 0.6 is 0 Å². The van der Waals surface area contributed by atoms with E-state index in [4.69, 9.17) is 0 Å². The summed E-state index contributed by atoms with van der Waals surface area (Å²) in [5.74, 6) is 0.225. The van der Waals surface area contributed by atoms with Gasteiger partial charge in [-0.25, -0.2) is 0 Å². The molecule has 12 heavy (non-hydrogen) atoms. The first kappa shape index (κ1) is 11.2. The lowest BCUT2D eigenvalue weighted by atomic mass is 9.78. The molecular formula is C11H18O. The molecule has 0 rings (SSSR count). The van der Waals surface area contributed by atoms with Crippen molar-refractivity contribution in [3.05, 3.63) is 24.8 Å². The molecule has 0 saturated heterocycles. The molecule has 1 atom stereocenters. The molecule has 1 unspecified atom stereocenters. The molecule has 0 aromatic carbocycles. The highest BCUT2D eigenvalue weighted by molar-refractivity contribution is 5.84. The second kappa shape index (κ2) is 4.91. The number of hydrogen-bond donors (Lipinski definition) is 0. The second-order valence-electron chi connectivity index (χ2n) is 3.06. The average molecular weight is 166 g/mol. The van der Waals surface area contributed by atoms with Gasteiger partial charge < -0.3 is 0 Å². The third-order valence-corrected chi connectivity index (χ3v) is 2.33. The van der Waals surface area contributed by atoms with E-state index in [0.717, 1.165) is 12.8 Å². The van der Waals surface area contributed by atoms with Gasteiger partial charge in [0.25, 0.3) is 0 Å². The van der Waals surface area contributed by atoms with Crippen LogP contribution in [0, 0.1) is 5.41 Å². The molecule has 0 spiro atoms. The lowest BCUT2D eigenvalue weighted by Crippen LogP contribution is -2.25. The molecule has 0 N–H and O–H groups in total. The predicted octanol–water partition coefficient (Wildman–Crippen LogP) is 3.12. The Morgan fingerprint density at radius 2 is 2.17 bits per heavy atom. The summed E-state index contributed by atoms with van der Waals surface area (Å²) in [5, 5.41) is 0. The smallest absolute Gasteiger partial charge is 0.140 e. The van der Waals surface area contributed by atoms with E-state index < -0.39 is 0 Å². The van der Waals surface area contributed by atoms with E-state index in [-0.39, 0.29) is 11.2 Å². The van der Waals surface area contributed by atoms with Gasteiger partial charge in [-0.15, -0.1) is 6.58 Å². The first-order chi connectivity index (χ1) is 5.63. The standard InChI is InChI=1S/C11H18O/c1-5-8-11(7-3,9-6-2)10(4)12/h5-6,9H,1,7-8H2,2-4H3. The summed E-state index contributed by atoms with van der Waals surface area (Å²) < 4.78 is 0. The van der Waals surface area contributed by atoms with E-state index in [0.29, 0.717) is 0 Å². The Labute approximate surface area is 75.2 Å². The molecule has 1 nitrogen and oxygen atoms in total. The van der Waals surface area contributed by atoms with Crippen LogP contribution < -0.4 is 0 Å². The number of rotatable bonds is 5. The van der Waals surface area contributed by atoms with Crippen molar-refractivity contribution in [2.75, 3.05) is 0 Å². The number of carbonyl (C=O) groups excluding carboxylic acids is 1. The topological polar surface area (TPSA) is 17.1 Å². The third kappa shape index (κ3) is 2.33. The summed E-state index contributed by atoms with van der Waals surface area (Å²) in [6.07, 6.45) is 7.32. The normalized spacial score (nSPS) is 15.9. The van der Waals surface area contributed by atoms with Crippen LogP contribution in [0.2, 0.25) is 0 Å². The summed E-state index contributed by atoms with van der Waals surface area (Å²) >= 11 is 0. The quantitative estimate of drug-likeness (QED) is 0.573. The first-order valence-electron chi connectivity index (χ1n) is 4.38. The third-order valence-electron chi connectivity index (χ3n) is 2.33. The van der Waals surface area contributed by atoms with Gasteiger partial charge in [0, 0.05) is 5.41 Å². The highest BCUT2D eigenvalue weighted by atomic mass is 16.1. The van der Waals surface area contributed by atoms with Gasteiger partial charge in [0.2, 0.25) is 0 Å². The number of allylic oxidation sites excluding steroid dienone is 3. The molecule has 0 aliphatic rings. The Bertz CT molecular complexity index is 191. The van der Waals surface area contributed by atoms with Gasteiger partial charge in [0.15, 0.2) is 0 Å². The van der Waals surface area contributed by atoms with Gasteiger partial charge in [-0.05, 0) is 26.7 Å². The zero-order valence-corrected chi connectivity index (χ0v) is 8.26. The van der Waals surface area contributed by atoms with Crippen LogP contribution in [0.15, 0.2) is 24.8 Å². The zero-order valence-electron chi connectivity index (χ0n) is 8.26. The summed E-state index contributed by atoms with van der Waals surface area (Å²) in [7, 11) is 0. The summed E-state index contributed by atoms with van der Waals surface area (Å²) in [5.41, 5.74) is -0.295. The fraction of sp³-hybridized carbons (Fsp3) is 0.545. The van der Waals surface area contributed by atoms with Gasteiger partial charge in [0.1, 0.15) is 5.78 Å². The van der Waals surface area contributed by atoms with Crippen molar-refractivity contribution in [2.45, 2.75) is 33.6 Å². The van der Waals surface area contributed by atoms with Gasteiger partial charge in [0.05, 0.1) is 0 Å². The fourth-order valence-electron chi connectivity index (χ4n) is 1.42. The van der Waals surface area contributed by atoms with Crippen molar-refractivity contribution in [2.24, 2.45) is 5.41 Å². The van der Waals surface area contributed by atoms with Crippen LogP contribution in [0.25, 0.3) is 0 Å². The highest BCUT2D eigenvalue weighted by Crippen LogP contribution is 2.29. The van der Waals surface area contributed by atoms with E-state index in [2.05, 4.69) is 6.58 Å². The van der Waals surface area contributed by atoms with E-state index >= 15 is 0 Å². The number of hydrogen-bond acceptors (Lipinski definition) is 1. The second-order valence-corrected chi connectivity index (χ2v) is 3.06. The Hall–Kier alpha value is -0.850. The van der Waals surface area contributed by atoms with Gasteiger partial charge in [-0.2, -0.15) is 0 Å². The molecule has 0 aromatic rings. The average Bonchev–Trinajstić information content (AvgIpc) is 2.03. The zero-order chi connectivity index (χ0) is 9.61. The van der Waals surface area contributed by atoms with Gasteiger partial charge in [-0.1, -0.05) is 25.2 Å². The molecule has 0 aromatic heterocycles. The van der Waals surface area contributed by atoms with E-state index in [1.165, 1.54) is 0 Å². The minimum absolute atomic E-state index is 0.225. The van der Waals surface area contributed by atoms with Gasteiger partial charge in [-0.3, -0.25) is 4.79 Å². The molecule has 0 fully saturated rings. The maximum Gasteiger partial charge on any atom is 0.140 e. The molecule has 0 aliphatic carbocycles. The van der Waals surface area contributed by atoms with Crippen LogP contribution in [-0.2, 0) is 4.79 Å². The molecule has 0 bridgehead atoms. The number of ketones is 1. The Morgan fingerprint density at radius 3 is 2.42 bits per heavy atom. The summed E-state index contributed by atoms with van der Waals surface area (Å²) in [4.78, 5) is 11.4. The fourth-order valence-corrected chi connectivity index (χ4v) is 1.42. The summed E-state index contributed by atoms with van der Waals surface area (Å²) in [6.45, 7) is 9.29. The SMILES string of the molecule is C=CCC(C=CC)(CC)C(C)=O. The van der Waals surface area contributed by atoms with E-state index in [9.17, 15) is 4.79 Å². The van der Waals surface area contributed by atoms with E-state index in [1.807, 2.05) is 32.1 Å². The van der Waals surface area contributed by atoms with Crippen molar-refractivity contribution >= 4 is 5.78 Å². The number of Topliss-reactive ketones (excluding diaryl/α,β-unsaturated/α-hetero) is 1. The highest BCUT2D eigenvalue weighted by Gasteiger charge is 2.28. The largest absolute Gasteiger partial charge is 0.299 e. The van der Waals surface area contributed by atoms with Crippen molar-refractivity contribution in [3.63, 3.8) is 0 Å². The molecular weight excluding hydrogens is 148 g/mol. The molecule has 0 saturated carbocycles. The maximum atomic E-state index is 11.4. The van der Waals surface area contributed by atoms with Crippen LogP contribution in [0.3, 0.4) is 0 Å². The molecule has 68 valence electrons. The molecule has 0 aliphatic heterocycles. The Balaban J connectivity index is 4.74.